The summed E-state index contributed by atoms with van der Waals surface area (Å²) in [6.45, 7) is 3.38. The van der Waals surface area contributed by atoms with Crippen molar-refractivity contribution >= 4 is 16.8 Å². The Bertz CT molecular complexity index is 246. The van der Waals surface area contributed by atoms with E-state index < -0.39 is 27.3 Å². The van der Waals surface area contributed by atoms with Crippen LogP contribution in [0.4, 0.5) is 0 Å². The quantitative estimate of drug-likeness (QED) is 0.720. The Kier molecular flexibility index (Phi) is 5.31. The first kappa shape index (κ1) is 12.1. The third-order valence-electron chi connectivity index (χ3n) is 1.72. The van der Waals surface area contributed by atoms with Gasteiger partial charge in [0.2, 0.25) is 0 Å². The van der Waals surface area contributed by atoms with Gasteiger partial charge in [-0.2, -0.15) is 5.26 Å². The molecule has 3 atom stereocenters. The smallest absolute Gasteiger partial charge is 0.319 e. The molecule has 0 fully saturated rings. The van der Waals surface area contributed by atoms with E-state index in [-0.39, 0.29) is 0 Å². The maximum absolute atomic E-state index is 11.5. The van der Waals surface area contributed by atoms with Crippen molar-refractivity contribution in [2.45, 2.75) is 37.2 Å². The summed E-state index contributed by atoms with van der Waals surface area (Å²) >= 11 is 0. The zero-order chi connectivity index (χ0) is 10.4. The maximum Gasteiger partial charge on any atom is 0.319 e. The van der Waals surface area contributed by atoms with E-state index in [1.165, 1.54) is 0 Å². The van der Waals surface area contributed by atoms with Gasteiger partial charge in [-0.15, -0.1) is 0 Å². The standard InChI is InChI=1S/C8H13NO3S/c1-3-6(5-9)13(12)7(4-2)8(10)11/h6-7H,3-4H2,1-2H3,(H,10,11). The van der Waals surface area contributed by atoms with Crippen LogP contribution in [-0.4, -0.2) is 25.8 Å². The van der Waals surface area contributed by atoms with Crippen molar-refractivity contribution in [2.75, 3.05) is 0 Å². The molecule has 0 aromatic carbocycles. The molecule has 0 saturated heterocycles. The van der Waals surface area contributed by atoms with Gasteiger partial charge in [-0.25, -0.2) is 0 Å². The summed E-state index contributed by atoms with van der Waals surface area (Å²) in [5.41, 5.74) is 0. The third-order valence-corrected chi connectivity index (χ3v) is 3.82. The van der Waals surface area contributed by atoms with Gasteiger partial charge in [-0.05, 0) is 12.8 Å². The highest BCUT2D eigenvalue weighted by Crippen LogP contribution is 2.10. The number of aliphatic carboxylic acids is 1. The van der Waals surface area contributed by atoms with E-state index in [2.05, 4.69) is 0 Å². The molecule has 0 radical (unpaired) electrons. The fraction of sp³-hybridized carbons (Fsp3) is 0.750. The number of nitrogens with zero attached hydrogens (tertiary/aromatic N) is 1. The van der Waals surface area contributed by atoms with Crippen LogP contribution in [0.2, 0.25) is 0 Å². The van der Waals surface area contributed by atoms with Crippen LogP contribution in [0, 0.1) is 11.3 Å². The van der Waals surface area contributed by atoms with Crippen LogP contribution in [0.5, 0.6) is 0 Å². The van der Waals surface area contributed by atoms with Crippen LogP contribution < -0.4 is 0 Å². The van der Waals surface area contributed by atoms with Gasteiger partial charge >= 0.3 is 5.97 Å². The van der Waals surface area contributed by atoms with Crippen LogP contribution in [-0.2, 0) is 15.6 Å². The fourth-order valence-electron chi connectivity index (χ4n) is 0.944. The normalized spacial score (nSPS) is 17.0. The minimum Gasteiger partial charge on any atom is -0.480 e. The molecule has 0 bridgehead atoms. The van der Waals surface area contributed by atoms with E-state index in [9.17, 15) is 9.00 Å². The Morgan fingerprint density at radius 1 is 1.54 bits per heavy atom. The number of rotatable bonds is 5. The zero-order valence-corrected chi connectivity index (χ0v) is 8.50. The molecule has 13 heavy (non-hydrogen) atoms. The highest BCUT2D eigenvalue weighted by Gasteiger charge is 2.28. The van der Waals surface area contributed by atoms with Gasteiger partial charge in [0, 0.05) is 0 Å². The molecule has 0 aromatic rings. The summed E-state index contributed by atoms with van der Waals surface area (Å²) in [5, 5.41) is 15.7. The summed E-state index contributed by atoms with van der Waals surface area (Å²) in [6.07, 6.45) is 0.715. The Balaban J connectivity index is 4.55. The van der Waals surface area contributed by atoms with E-state index in [4.69, 9.17) is 10.4 Å². The zero-order valence-electron chi connectivity index (χ0n) is 7.69. The predicted octanol–water partition coefficient (Wildman–Crippen LogP) is 0.900. The topological polar surface area (TPSA) is 78.2 Å². The van der Waals surface area contributed by atoms with Crippen LogP contribution in [0.25, 0.3) is 0 Å². The second-order valence-corrected chi connectivity index (χ2v) is 4.38. The molecule has 1 N–H and O–H groups in total. The molecule has 0 amide bonds. The van der Waals surface area contributed by atoms with E-state index in [1.807, 2.05) is 6.07 Å². The summed E-state index contributed by atoms with van der Waals surface area (Å²) in [7, 11) is -1.59. The molecule has 0 saturated carbocycles. The first-order valence-corrected chi connectivity index (χ1v) is 5.37. The van der Waals surface area contributed by atoms with Crippen LogP contribution in [0.15, 0.2) is 0 Å². The molecule has 74 valence electrons. The fourth-order valence-corrected chi connectivity index (χ4v) is 2.30. The largest absolute Gasteiger partial charge is 0.480 e. The van der Waals surface area contributed by atoms with Crippen molar-refractivity contribution < 1.29 is 14.1 Å². The minimum absolute atomic E-state index is 0.292. The Hall–Kier alpha value is -0.890. The Morgan fingerprint density at radius 3 is 2.31 bits per heavy atom. The van der Waals surface area contributed by atoms with E-state index in [0.717, 1.165) is 0 Å². The highest BCUT2D eigenvalue weighted by atomic mass is 32.2. The molecule has 0 rings (SSSR count). The van der Waals surface area contributed by atoms with E-state index >= 15 is 0 Å². The summed E-state index contributed by atoms with van der Waals surface area (Å²) < 4.78 is 11.5. The van der Waals surface area contributed by atoms with Crippen molar-refractivity contribution in [1.29, 1.82) is 5.26 Å². The molecule has 0 heterocycles. The number of carboxylic acid groups (broad SMARTS) is 1. The lowest BCUT2D eigenvalue weighted by Crippen LogP contribution is -2.31. The average Bonchev–Trinajstić information content (AvgIpc) is 2.07. The van der Waals surface area contributed by atoms with Gasteiger partial charge in [0.15, 0.2) is 0 Å². The first-order chi connectivity index (χ1) is 6.08. The number of nitriles is 1. The van der Waals surface area contributed by atoms with Gasteiger partial charge in [-0.3, -0.25) is 9.00 Å². The second-order valence-electron chi connectivity index (χ2n) is 2.59. The Labute approximate surface area is 80.0 Å². The molecule has 0 aliphatic heterocycles. The lowest BCUT2D eigenvalue weighted by molar-refractivity contribution is -0.136. The van der Waals surface area contributed by atoms with Gasteiger partial charge in [0.1, 0.15) is 10.5 Å². The molecule has 0 aliphatic rings. The molecule has 5 heteroatoms. The SMILES string of the molecule is CCC(C#N)S(=O)C(CC)C(=O)O. The predicted molar refractivity (Wildman–Crippen MR) is 49.5 cm³/mol. The second kappa shape index (κ2) is 5.70. The van der Waals surface area contributed by atoms with E-state index in [1.54, 1.807) is 13.8 Å². The highest BCUT2D eigenvalue weighted by molar-refractivity contribution is 7.87. The lowest BCUT2D eigenvalue weighted by Gasteiger charge is -2.12. The molecule has 4 nitrogen and oxygen atoms in total. The van der Waals surface area contributed by atoms with Crippen molar-refractivity contribution in [2.24, 2.45) is 0 Å². The average molecular weight is 203 g/mol. The van der Waals surface area contributed by atoms with Crippen molar-refractivity contribution in [3.63, 3.8) is 0 Å². The van der Waals surface area contributed by atoms with E-state index in [0.29, 0.717) is 12.8 Å². The summed E-state index contributed by atoms with van der Waals surface area (Å²) in [4.78, 5) is 10.6. The lowest BCUT2D eigenvalue weighted by atomic mass is 10.3. The van der Waals surface area contributed by atoms with Crippen LogP contribution in [0.1, 0.15) is 26.7 Å². The molecular formula is C8H13NO3S. The molecule has 0 spiro atoms. The third kappa shape index (κ3) is 3.15. The number of hydrogen-bond acceptors (Lipinski definition) is 3. The molecule has 0 aliphatic carbocycles. The maximum atomic E-state index is 11.5. The van der Waals surface area contributed by atoms with Crippen molar-refractivity contribution in [3.8, 4) is 6.07 Å². The molecule has 3 unspecified atom stereocenters. The van der Waals surface area contributed by atoms with Crippen molar-refractivity contribution in [3.05, 3.63) is 0 Å². The summed E-state index contributed by atoms with van der Waals surface area (Å²) in [6, 6.07) is 1.86. The minimum atomic E-state index is -1.59. The number of carbonyl (C=O) groups is 1. The Morgan fingerprint density at radius 2 is 2.08 bits per heavy atom. The number of carboxylic acids is 1. The molecular weight excluding hydrogens is 190 g/mol. The van der Waals surface area contributed by atoms with Gasteiger partial charge in [0.05, 0.1) is 16.9 Å². The van der Waals surface area contributed by atoms with Crippen LogP contribution >= 0.6 is 0 Å². The van der Waals surface area contributed by atoms with Crippen molar-refractivity contribution in [1.82, 2.24) is 0 Å². The molecule has 0 aromatic heterocycles. The van der Waals surface area contributed by atoms with Gasteiger partial charge < -0.3 is 5.11 Å². The summed E-state index contributed by atoms with van der Waals surface area (Å²) in [5.74, 6) is -1.09. The number of hydrogen-bond donors (Lipinski definition) is 1. The van der Waals surface area contributed by atoms with Gasteiger partial charge in [0.25, 0.3) is 0 Å². The first-order valence-electron chi connectivity index (χ1n) is 4.10. The van der Waals surface area contributed by atoms with Crippen LogP contribution in [0.3, 0.4) is 0 Å². The monoisotopic (exact) mass is 203 g/mol. The van der Waals surface area contributed by atoms with Gasteiger partial charge in [-0.1, -0.05) is 13.8 Å².